The lowest BCUT2D eigenvalue weighted by atomic mass is 9.93. The van der Waals surface area contributed by atoms with Crippen LogP contribution in [0.1, 0.15) is 50.8 Å². The van der Waals surface area contributed by atoms with E-state index in [9.17, 15) is 9.59 Å². The van der Waals surface area contributed by atoms with Crippen LogP contribution < -0.4 is 10.7 Å². The lowest BCUT2D eigenvalue weighted by Crippen LogP contribution is -2.21. The van der Waals surface area contributed by atoms with Gasteiger partial charge in [0.2, 0.25) is 0 Å². The van der Waals surface area contributed by atoms with Crippen molar-refractivity contribution in [2.24, 2.45) is 5.10 Å². The van der Waals surface area contributed by atoms with E-state index in [1.165, 1.54) is 6.26 Å². The maximum atomic E-state index is 12.8. The fourth-order valence-corrected chi connectivity index (χ4v) is 3.70. The van der Waals surface area contributed by atoms with Gasteiger partial charge in [-0.05, 0) is 44.0 Å². The first kappa shape index (κ1) is 20.3. The highest BCUT2D eigenvalue weighted by Gasteiger charge is 2.28. The summed E-state index contributed by atoms with van der Waals surface area (Å²) in [6.45, 7) is 1.78. The zero-order valence-corrected chi connectivity index (χ0v) is 17.4. The van der Waals surface area contributed by atoms with E-state index < -0.39 is 11.8 Å². The minimum absolute atomic E-state index is 0.165. The largest absolute Gasteiger partial charge is 0.459 e. The number of carbonyl (C=O) groups is 2. The highest BCUT2D eigenvalue weighted by molar-refractivity contribution is 6.44. The molecule has 4 rings (SSSR count). The summed E-state index contributed by atoms with van der Waals surface area (Å²) in [4.78, 5) is 24.9. The van der Waals surface area contributed by atoms with Crippen LogP contribution in [0.3, 0.4) is 0 Å². The van der Waals surface area contributed by atoms with Gasteiger partial charge in [0.15, 0.2) is 11.5 Å². The molecule has 0 spiro atoms. The number of hydrazone groups is 1. The number of benzene rings is 1. The summed E-state index contributed by atoms with van der Waals surface area (Å²) in [6, 6.07) is 8.15. The molecule has 0 saturated carbocycles. The maximum Gasteiger partial charge on any atom is 0.307 e. The number of aryl methyl sites for hydroxylation is 1. The number of rotatable bonds is 4. The van der Waals surface area contributed by atoms with Crippen LogP contribution in [-0.4, -0.2) is 17.5 Å². The third kappa shape index (κ3) is 3.86. The Balaban J connectivity index is 1.59. The average Bonchev–Trinajstić information content (AvgIpc) is 3.38. The van der Waals surface area contributed by atoms with Crippen LogP contribution in [0.25, 0.3) is 0 Å². The molecule has 2 heterocycles. The summed E-state index contributed by atoms with van der Waals surface area (Å²) in [6.07, 6.45) is 3.52. The van der Waals surface area contributed by atoms with Crippen LogP contribution in [0.4, 0.5) is 5.69 Å². The molecule has 1 aliphatic carbocycles. The molecule has 7 nitrogen and oxygen atoms in total. The molecule has 0 unspecified atom stereocenters. The van der Waals surface area contributed by atoms with Crippen molar-refractivity contribution in [3.05, 3.63) is 75.0 Å². The van der Waals surface area contributed by atoms with Gasteiger partial charge in [0.1, 0.15) is 5.76 Å². The molecule has 0 fully saturated rings. The molecule has 0 bridgehead atoms. The molecule has 0 radical (unpaired) electrons. The van der Waals surface area contributed by atoms with Crippen molar-refractivity contribution in [1.29, 1.82) is 0 Å². The van der Waals surface area contributed by atoms with Crippen molar-refractivity contribution in [2.45, 2.75) is 26.2 Å². The van der Waals surface area contributed by atoms with Crippen LogP contribution in [0.5, 0.6) is 0 Å². The Kier molecular flexibility index (Phi) is 5.65. The predicted octanol–water partition coefficient (Wildman–Crippen LogP) is 5.21. The molecule has 1 aliphatic rings. The van der Waals surface area contributed by atoms with Crippen molar-refractivity contribution >= 4 is 46.4 Å². The Morgan fingerprint density at radius 1 is 1.10 bits per heavy atom. The summed E-state index contributed by atoms with van der Waals surface area (Å²) < 4.78 is 10.9. The second-order valence-electron chi connectivity index (χ2n) is 6.74. The molecule has 2 amide bonds. The van der Waals surface area contributed by atoms with Gasteiger partial charge < -0.3 is 14.2 Å². The highest BCUT2D eigenvalue weighted by Crippen LogP contribution is 2.32. The monoisotopic (exact) mass is 445 g/mol. The van der Waals surface area contributed by atoms with Gasteiger partial charge in [-0.2, -0.15) is 5.10 Å². The van der Waals surface area contributed by atoms with E-state index >= 15 is 0 Å². The minimum atomic E-state index is -0.450. The predicted molar refractivity (Wildman–Crippen MR) is 114 cm³/mol. The van der Waals surface area contributed by atoms with E-state index in [1.54, 1.807) is 37.3 Å². The fourth-order valence-electron chi connectivity index (χ4n) is 3.36. The molecular formula is C21H17Cl2N3O4. The van der Waals surface area contributed by atoms with Crippen LogP contribution in [0, 0.1) is 6.92 Å². The highest BCUT2D eigenvalue weighted by atomic mass is 35.5. The Bertz CT molecular complexity index is 1150. The van der Waals surface area contributed by atoms with Gasteiger partial charge in [-0.25, -0.2) is 5.43 Å². The number of halogens is 2. The number of nitrogens with zero attached hydrogens (tertiary/aromatic N) is 1. The minimum Gasteiger partial charge on any atom is -0.459 e. The zero-order valence-electron chi connectivity index (χ0n) is 15.9. The average molecular weight is 446 g/mol. The van der Waals surface area contributed by atoms with E-state index in [0.29, 0.717) is 40.6 Å². The van der Waals surface area contributed by atoms with Gasteiger partial charge in [-0.15, -0.1) is 0 Å². The van der Waals surface area contributed by atoms with Crippen LogP contribution in [0.2, 0.25) is 10.0 Å². The van der Waals surface area contributed by atoms with Crippen molar-refractivity contribution in [3.63, 3.8) is 0 Å². The number of fused-ring (bicyclic) bond motifs is 1. The van der Waals surface area contributed by atoms with Crippen LogP contribution in [-0.2, 0) is 6.42 Å². The number of hydrogen-bond donors (Lipinski definition) is 2. The van der Waals surface area contributed by atoms with Gasteiger partial charge in [-0.1, -0.05) is 29.3 Å². The molecule has 2 N–H and O–H groups in total. The molecule has 2 aromatic heterocycles. The topological polar surface area (TPSA) is 96.8 Å². The zero-order chi connectivity index (χ0) is 21.3. The third-order valence-corrected chi connectivity index (χ3v) is 5.59. The molecule has 1 aromatic carbocycles. The second kappa shape index (κ2) is 8.38. The van der Waals surface area contributed by atoms with Gasteiger partial charge in [-0.3, -0.25) is 9.59 Å². The van der Waals surface area contributed by atoms with Crippen molar-refractivity contribution in [2.75, 3.05) is 5.32 Å². The SMILES string of the molecule is Cc1c(C(=O)Nc2cccc(Cl)c2Cl)oc2c1/C(=N/NC(=O)c1ccco1)CCC2. The Labute approximate surface area is 182 Å². The Morgan fingerprint density at radius 2 is 1.93 bits per heavy atom. The van der Waals surface area contributed by atoms with Gasteiger partial charge >= 0.3 is 5.91 Å². The summed E-state index contributed by atoms with van der Waals surface area (Å²) in [5.41, 5.74) is 4.92. The number of hydrogen-bond acceptors (Lipinski definition) is 5. The standard InChI is InChI=1S/C21H17Cl2N3O4/c1-11-17-13(25-26-20(27)16-9-4-10-29-16)6-3-8-15(17)30-19(11)21(28)24-14-7-2-5-12(22)18(14)23/h2,4-5,7,9-10H,3,6,8H2,1H3,(H,24,28)(H,26,27)/b25-13+. The van der Waals surface area contributed by atoms with E-state index in [4.69, 9.17) is 32.0 Å². The Morgan fingerprint density at radius 3 is 2.70 bits per heavy atom. The second-order valence-corrected chi connectivity index (χ2v) is 7.53. The van der Waals surface area contributed by atoms with Crippen LogP contribution >= 0.6 is 23.2 Å². The third-order valence-electron chi connectivity index (χ3n) is 4.77. The molecule has 0 atom stereocenters. The summed E-state index contributed by atoms with van der Waals surface area (Å²) in [5.74, 6) is 0.104. The van der Waals surface area contributed by atoms with Crippen molar-refractivity contribution < 1.29 is 18.4 Å². The van der Waals surface area contributed by atoms with Crippen molar-refractivity contribution in [3.8, 4) is 0 Å². The number of amides is 2. The quantitative estimate of drug-likeness (QED) is 0.538. The summed E-state index contributed by atoms with van der Waals surface area (Å²) in [5, 5.41) is 7.57. The molecule has 154 valence electrons. The number of furan rings is 2. The van der Waals surface area contributed by atoms with E-state index in [1.807, 2.05) is 0 Å². The number of anilines is 1. The molecular weight excluding hydrogens is 429 g/mol. The summed E-state index contributed by atoms with van der Waals surface area (Å²) in [7, 11) is 0. The van der Waals surface area contributed by atoms with Gasteiger partial charge in [0, 0.05) is 17.5 Å². The van der Waals surface area contributed by atoms with E-state index in [2.05, 4.69) is 15.8 Å². The lowest BCUT2D eigenvalue weighted by molar-refractivity contribution is 0.0926. The molecule has 3 aromatic rings. The van der Waals surface area contributed by atoms with Gasteiger partial charge in [0.25, 0.3) is 5.91 Å². The molecule has 30 heavy (non-hydrogen) atoms. The molecule has 0 saturated heterocycles. The van der Waals surface area contributed by atoms with Crippen LogP contribution in [0.15, 0.2) is 50.5 Å². The van der Waals surface area contributed by atoms with E-state index in [-0.39, 0.29) is 16.5 Å². The van der Waals surface area contributed by atoms with Gasteiger partial charge in [0.05, 0.1) is 27.7 Å². The first-order valence-electron chi connectivity index (χ1n) is 9.24. The Hall–Kier alpha value is -3.03. The fraction of sp³-hybridized carbons (Fsp3) is 0.190. The lowest BCUT2D eigenvalue weighted by Gasteiger charge is -2.13. The number of nitrogens with one attached hydrogen (secondary N) is 2. The summed E-state index contributed by atoms with van der Waals surface area (Å²) >= 11 is 12.2. The maximum absolute atomic E-state index is 12.8. The first-order chi connectivity index (χ1) is 14.5. The molecule has 0 aliphatic heterocycles. The normalized spacial score (nSPS) is 14.4. The molecule has 9 heteroatoms. The smallest absolute Gasteiger partial charge is 0.307 e. The van der Waals surface area contributed by atoms with Crippen molar-refractivity contribution in [1.82, 2.24) is 5.43 Å². The van der Waals surface area contributed by atoms with E-state index in [0.717, 1.165) is 12.0 Å². The number of carbonyl (C=O) groups excluding carboxylic acids is 2. The first-order valence-corrected chi connectivity index (χ1v) is 9.99.